The molecule has 2 nitrogen and oxygen atoms in total. The second-order valence-electron chi connectivity index (χ2n) is 6.59. The van der Waals surface area contributed by atoms with E-state index < -0.39 is 0 Å². The van der Waals surface area contributed by atoms with Crippen LogP contribution in [-0.4, -0.2) is 13.1 Å². The van der Waals surface area contributed by atoms with Crippen molar-refractivity contribution in [3.8, 4) is 0 Å². The van der Waals surface area contributed by atoms with Crippen LogP contribution in [0.4, 0.5) is 5.69 Å². The van der Waals surface area contributed by atoms with Gasteiger partial charge in [0.15, 0.2) is 0 Å². The predicted octanol–water partition coefficient (Wildman–Crippen LogP) is 5.00. The Hall–Kier alpha value is -1.80. The maximum absolute atomic E-state index is 5.66. The predicted molar refractivity (Wildman–Crippen MR) is 101 cm³/mol. The topological polar surface area (TPSA) is 29.3 Å². The van der Waals surface area contributed by atoms with Gasteiger partial charge in [0.25, 0.3) is 0 Å². The van der Waals surface area contributed by atoms with Gasteiger partial charge in [-0.15, -0.1) is 0 Å². The molecular weight excluding hydrogens is 280 g/mol. The molecule has 0 aliphatic carbocycles. The zero-order valence-electron chi connectivity index (χ0n) is 14.8. The van der Waals surface area contributed by atoms with Crippen molar-refractivity contribution in [1.29, 1.82) is 0 Å². The van der Waals surface area contributed by atoms with Crippen molar-refractivity contribution in [3.05, 3.63) is 65.2 Å². The highest BCUT2D eigenvalue weighted by molar-refractivity contribution is 5.48. The third-order valence-electron chi connectivity index (χ3n) is 4.33. The van der Waals surface area contributed by atoms with Crippen LogP contribution in [0.5, 0.6) is 0 Å². The van der Waals surface area contributed by atoms with Crippen LogP contribution in [0, 0.1) is 13.8 Å². The van der Waals surface area contributed by atoms with Crippen LogP contribution in [0.15, 0.2) is 48.5 Å². The Morgan fingerprint density at radius 2 is 1.52 bits per heavy atom. The van der Waals surface area contributed by atoms with Crippen molar-refractivity contribution in [1.82, 2.24) is 0 Å². The summed E-state index contributed by atoms with van der Waals surface area (Å²) in [5, 5.41) is 0. The van der Waals surface area contributed by atoms with Crippen LogP contribution in [0.3, 0.4) is 0 Å². The van der Waals surface area contributed by atoms with Crippen LogP contribution in [0.25, 0.3) is 0 Å². The maximum Gasteiger partial charge on any atom is 0.0368 e. The first kappa shape index (κ1) is 17.6. The van der Waals surface area contributed by atoms with Gasteiger partial charge in [-0.3, -0.25) is 0 Å². The van der Waals surface area contributed by atoms with Gasteiger partial charge in [0, 0.05) is 24.8 Å². The summed E-state index contributed by atoms with van der Waals surface area (Å²) in [5.74, 6) is 0. The molecule has 2 aromatic carbocycles. The second-order valence-corrected chi connectivity index (χ2v) is 6.59. The first-order valence-corrected chi connectivity index (χ1v) is 8.70. The lowest BCUT2D eigenvalue weighted by molar-refractivity contribution is 0.578. The molecule has 0 spiro atoms. The molecule has 1 saturated heterocycles. The van der Waals surface area contributed by atoms with E-state index in [0.29, 0.717) is 0 Å². The van der Waals surface area contributed by atoms with E-state index in [9.17, 15) is 0 Å². The molecule has 2 heteroatoms. The fourth-order valence-electron chi connectivity index (χ4n) is 2.85. The molecule has 0 aromatic heterocycles. The van der Waals surface area contributed by atoms with Gasteiger partial charge in [-0.2, -0.15) is 0 Å². The van der Waals surface area contributed by atoms with Gasteiger partial charge >= 0.3 is 0 Å². The molecule has 1 aliphatic rings. The first-order valence-electron chi connectivity index (χ1n) is 8.70. The van der Waals surface area contributed by atoms with Crippen LogP contribution in [0.1, 0.15) is 48.9 Å². The molecule has 3 rings (SSSR count). The first-order chi connectivity index (χ1) is 11.1. The lowest BCUT2D eigenvalue weighted by Gasteiger charge is -2.28. The zero-order chi connectivity index (χ0) is 16.7. The molecule has 0 radical (unpaired) electrons. The van der Waals surface area contributed by atoms with Gasteiger partial charge in [0.05, 0.1) is 0 Å². The van der Waals surface area contributed by atoms with Gasteiger partial charge < -0.3 is 10.6 Å². The van der Waals surface area contributed by atoms with Crippen molar-refractivity contribution in [2.75, 3.05) is 18.0 Å². The molecule has 2 N–H and O–H groups in total. The minimum absolute atomic E-state index is 0.153. The summed E-state index contributed by atoms with van der Waals surface area (Å²) in [6.45, 7) is 8.70. The zero-order valence-corrected chi connectivity index (χ0v) is 14.8. The molecular formula is C21H30N2. The number of nitrogens with zero attached hydrogens (tertiary/aromatic N) is 1. The van der Waals surface area contributed by atoms with Gasteiger partial charge in [0.1, 0.15) is 0 Å². The summed E-state index contributed by atoms with van der Waals surface area (Å²) in [4.78, 5) is 2.50. The summed E-state index contributed by atoms with van der Waals surface area (Å²) in [6, 6.07) is 17.3. The lowest BCUT2D eigenvalue weighted by Crippen LogP contribution is -2.29. The molecule has 124 valence electrons. The van der Waals surface area contributed by atoms with Crippen LogP contribution < -0.4 is 10.6 Å². The van der Waals surface area contributed by atoms with E-state index in [4.69, 9.17) is 5.73 Å². The summed E-state index contributed by atoms with van der Waals surface area (Å²) in [5.41, 5.74) is 10.9. The number of benzene rings is 2. The largest absolute Gasteiger partial charge is 0.372 e. The third-order valence-corrected chi connectivity index (χ3v) is 4.33. The minimum Gasteiger partial charge on any atom is -0.372 e. The van der Waals surface area contributed by atoms with Gasteiger partial charge in [-0.25, -0.2) is 0 Å². The van der Waals surface area contributed by atoms with Crippen molar-refractivity contribution in [2.45, 2.75) is 46.1 Å². The number of piperidine rings is 1. The third kappa shape index (κ3) is 5.72. The Bertz CT molecular complexity index is 581. The summed E-state index contributed by atoms with van der Waals surface area (Å²) < 4.78 is 0. The minimum atomic E-state index is 0.153. The Morgan fingerprint density at radius 3 is 2.09 bits per heavy atom. The molecule has 0 saturated carbocycles. The van der Waals surface area contributed by atoms with E-state index in [-0.39, 0.29) is 6.04 Å². The van der Waals surface area contributed by atoms with Crippen molar-refractivity contribution in [2.24, 2.45) is 5.73 Å². The highest BCUT2D eigenvalue weighted by Crippen LogP contribution is 2.20. The van der Waals surface area contributed by atoms with E-state index in [1.807, 2.05) is 6.92 Å². The van der Waals surface area contributed by atoms with Crippen LogP contribution in [-0.2, 0) is 0 Å². The van der Waals surface area contributed by atoms with Gasteiger partial charge in [-0.1, -0.05) is 42.0 Å². The van der Waals surface area contributed by atoms with Crippen LogP contribution >= 0.6 is 0 Å². The smallest absolute Gasteiger partial charge is 0.0368 e. The quantitative estimate of drug-likeness (QED) is 0.845. The van der Waals surface area contributed by atoms with Gasteiger partial charge in [0.2, 0.25) is 0 Å². The lowest BCUT2D eigenvalue weighted by atomic mass is 10.1. The SMILES string of the molecule is Cc1ccc([C@@H](C)N)cc1.Cc1cccc(N2CCCCC2)c1. The number of anilines is 1. The van der Waals surface area contributed by atoms with E-state index >= 15 is 0 Å². The molecule has 1 aliphatic heterocycles. The molecule has 1 fully saturated rings. The molecule has 1 heterocycles. The van der Waals surface area contributed by atoms with E-state index in [1.165, 1.54) is 54.7 Å². The van der Waals surface area contributed by atoms with E-state index in [2.05, 4.69) is 67.3 Å². The number of aryl methyl sites for hydroxylation is 2. The van der Waals surface area contributed by atoms with Crippen molar-refractivity contribution >= 4 is 5.69 Å². The molecule has 2 aromatic rings. The number of nitrogens with two attached hydrogens (primary N) is 1. The fourth-order valence-corrected chi connectivity index (χ4v) is 2.85. The molecule has 1 atom stereocenters. The van der Waals surface area contributed by atoms with Gasteiger partial charge in [-0.05, 0) is 63.3 Å². The maximum atomic E-state index is 5.66. The Kier molecular flexibility index (Phi) is 6.66. The average molecular weight is 310 g/mol. The molecule has 0 bridgehead atoms. The summed E-state index contributed by atoms with van der Waals surface area (Å²) in [6.07, 6.45) is 4.12. The average Bonchev–Trinajstić information content (AvgIpc) is 2.57. The summed E-state index contributed by atoms with van der Waals surface area (Å²) >= 11 is 0. The summed E-state index contributed by atoms with van der Waals surface area (Å²) in [7, 11) is 0. The van der Waals surface area contributed by atoms with Crippen molar-refractivity contribution < 1.29 is 0 Å². The van der Waals surface area contributed by atoms with Crippen LogP contribution in [0.2, 0.25) is 0 Å². The molecule has 0 unspecified atom stereocenters. The van der Waals surface area contributed by atoms with Crippen molar-refractivity contribution in [3.63, 3.8) is 0 Å². The standard InChI is InChI=1S/C12H17N.C9H13N/c1-11-6-5-7-12(10-11)13-8-3-2-4-9-13;1-7-3-5-9(6-4-7)8(2)10/h5-7,10H,2-4,8-9H2,1H3;3-6,8H,10H2,1-2H3/t;8-/m.1/s1. The Morgan fingerprint density at radius 1 is 0.870 bits per heavy atom. The normalized spacial score (nSPS) is 15.6. The highest BCUT2D eigenvalue weighted by Gasteiger charge is 2.09. The number of hydrogen-bond acceptors (Lipinski definition) is 2. The Balaban J connectivity index is 0.000000174. The Labute approximate surface area is 141 Å². The second kappa shape index (κ2) is 8.73. The number of rotatable bonds is 2. The molecule has 0 amide bonds. The monoisotopic (exact) mass is 310 g/mol. The van der Waals surface area contributed by atoms with E-state index in [0.717, 1.165) is 0 Å². The number of hydrogen-bond donors (Lipinski definition) is 1. The fraction of sp³-hybridized carbons (Fsp3) is 0.429. The highest BCUT2D eigenvalue weighted by atomic mass is 15.1. The molecule has 23 heavy (non-hydrogen) atoms. The van der Waals surface area contributed by atoms with E-state index in [1.54, 1.807) is 0 Å².